The van der Waals surface area contributed by atoms with Gasteiger partial charge >= 0.3 is 0 Å². The van der Waals surface area contributed by atoms with Crippen molar-refractivity contribution in [1.82, 2.24) is 10.3 Å². The summed E-state index contributed by atoms with van der Waals surface area (Å²) in [4.78, 5) is 31.0. The van der Waals surface area contributed by atoms with Crippen molar-refractivity contribution in [2.24, 2.45) is 5.41 Å². The van der Waals surface area contributed by atoms with Crippen LogP contribution in [0, 0.1) is 5.41 Å². The molecule has 0 saturated carbocycles. The molecule has 0 aliphatic heterocycles. The maximum Gasteiger partial charge on any atom is 0.251 e. The van der Waals surface area contributed by atoms with Crippen LogP contribution >= 0.6 is 11.3 Å². The lowest BCUT2D eigenvalue weighted by Gasteiger charge is -2.28. The van der Waals surface area contributed by atoms with Gasteiger partial charge in [-0.1, -0.05) is 92.8 Å². The van der Waals surface area contributed by atoms with E-state index in [4.69, 9.17) is 4.98 Å². The number of nitrogens with zero attached hydrogens (tertiary/aromatic N) is 1. The smallest absolute Gasteiger partial charge is 0.251 e. The number of carbonyl (C=O) groups excluding carboxylic acids is 2. The summed E-state index contributed by atoms with van der Waals surface area (Å²) < 4.78 is 0. The van der Waals surface area contributed by atoms with E-state index in [0.717, 1.165) is 21.7 Å². The molecular formula is C24H27N3O2S. The normalized spacial score (nSPS) is 11.8. The van der Waals surface area contributed by atoms with Gasteiger partial charge in [0.1, 0.15) is 5.54 Å². The molecule has 2 N–H and O–H groups in total. The number of benzene rings is 2. The molecule has 3 aromatic rings. The minimum atomic E-state index is -1.07. The van der Waals surface area contributed by atoms with Gasteiger partial charge in [-0.15, -0.1) is 0 Å². The monoisotopic (exact) mass is 421 g/mol. The summed E-state index contributed by atoms with van der Waals surface area (Å²) in [5, 5.41) is 6.22. The van der Waals surface area contributed by atoms with E-state index in [1.165, 1.54) is 11.3 Å². The zero-order chi connectivity index (χ0) is 21.9. The van der Waals surface area contributed by atoms with Crippen LogP contribution in [-0.2, 0) is 9.59 Å². The molecule has 1 aromatic heterocycles. The van der Waals surface area contributed by atoms with Crippen LogP contribution in [0.1, 0.15) is 34.6 Å². The maximum absolute atomic E-state index is 12.9. The number of hydrogen-bond donors (Lipinski definition) is 2. The molecule has 0 spiro atoms. The first-order valence-electron chi connectivity index (χ1n) is 9.84. The summed E-state index contributed by atoms with van der Waals surface area (Å²) in [5.41, 5.74) is 1.18. The van der Waals surface area contributed by atoms with Crippen LogP contribution in [0.2, 0.25) is 0 Å². The van der Waals surface area contributed by atoms with Gasteiger partial charge in [-0.3, -0.25) is 14.9 Å². The van der Waals surface area contributed by atoms with Crippen LogP contribution in [0.4, 0.5) is 5.13 Å². The largest absolute Gasteiger partial charge is 0.342 e. The lowest BCUT2D eigenvalue weighted by molar-refractivity contribution is -0.134. The second kappa shape index (κ2) is 8.40. The third kappa shape index (κ3) is 4.94. The lowest BCUT2D eigenvalue weighted by atomic mass is 9.93. The molecule has 30 heavy (non-hydrogen) atoms. The number of thiazole rings is 1. The number of anilines is 1. The fourth-order valence-electron chi connectivity index (χ4n) is 2.73. The van der Waals surface area contributed by atoms with Gasteiger partial charge in [0.15, 0.2) is 5.13 Å². The van der Waals surface area contributed by atoms with Gasteiger partial charge in [-0.25, -0.2) is 4.98 Å². The molecule has 0 atom stereocenters. The third-order valence-electron chi connectivity index (χ3n) is 4.61. The van der Waals surface area contributed by atoms with E-state index in [1.54, 1.807) is 13.8 Å². The van der Waals surface area contributed by atoms with E-state index in [9.17, 15) is 9.59 Å². The SMILES string of the molecule is CC(C)(C)C(=O)NC(C)(C)C(=O)Nc1nc(-c2ccccc2)c(-c2ccccc2)s1. The first-order valence-corrected chi connectivity index (χ1v) is 10.7. The van der Waals surface area contributed by atoms with Crippen LogP contribution in [0.15, 0.2) is 60.7 Å². The molecule has 3 rings (SSSR count). The Balaban J connectivity index is 1.91. The van der Waals surface area contributed by atoms with Gasteiger partial charge in [0.05, 0.1) is 10.6 Å². The van der Waals surface area contributed by atoms with Gasteiger partial charge in [0, 0.05) is 11.0 Å². The molecule has 1 heterocycles. The number of carbonyl (C=O) groups is 2. The first kappa shape index (κ1) is 21.7. The summed E-state index contributed by atoms with van der Waals surface area (Å²) in [6.45, 7) is 8.83. The first-order chi connectivity index (χ1) is 14.1. The van der Waals surface area contributed by atoms with Crippen molar-refractivity contribution in [1.29, 1.82) is 0 Å². The standard InChI is InChI=1S/C24H27N3O2S/c1-23(2,3)20(28)27-24(4,5)21(29)26-22-25-18(16-12-8-6-9-13-16)19(30-22)17-14-10-7-11-15-17/h6-15H,1-5H3,(H,27,28)(H,25,26,29). The van der Waals surface area contributed by atoms with Crippen LogP contribution in [0.25, 0.3) is 21.7 Å². The van der Waals surface area contributed by atoms with Crippen molar-refractivity contribution in [3.63, 3.8) is 0 Å². The minimum Gasteiger partial charge on any atom is -0.342 e. The lowest BCUT2D eigenvalue weighted by Crippen LogP contribution is -2.55. The van der Waals surface area contributed by atoms with Crippen LogP contribution in [0.5, 0.6) is 0 Å². The topological polar surface area (TPSA) is 71.1 Å². The van der Waals surface area contributed by atoms with Gasteiger partial charge in [-0.05, 0) is 19.4 Å². The van der Waals surface area contributed by atoms with E-state index in [2.05, 4.69) is 10.6 Å². The summed E-state index contributed by atoms with van der Waals surface area (Å²) >= 11 is 1.42. The van der Waals surface area contributed by atoms with Crippen molar-refractivity contribution in [3.8, 4) is 21.7 Å². The molecule has 2 aromatic carbocycles. The molecule has 0 aliphatic rings. The molecule has 2 amide bonds. The second-order valence-corrected chi connectivity index (χ2v) is 9.71. The number of amides is 2. The van der Waals surface area contributed by atoms with E-state index < -0.39 is 11.0 Å². The van der Waals surface area contributed by atoms with Gasteiger partial charge < -0.3 is 5.32 Å². The average Bonchev–Trinajstić information content (AvgIpc) is 3.12. The molecule has 5 nitrogen and oxygen atoms in total. The fourth-order valence-corrected chi connectivity index (χ4v) is 3.72. The Bertz CT molecular complexity index is 978. The zero-order valence-electron chi connectivity index (χ0n) is 17.9. The molecule has 0 fully saturated rings. The Hall–Kier alpha value is -2.99. The van der Waals surface area contributed by atoms with Gasteiger partial charge in [-0.2, -0.15) is 0 Å². The van der Waals surface area contributed by atoms with Crippen molar-refractivity contribution < 1.29 is 9.59 Å². The highest BCUT2D eigenvalue weighted by atomic mass is 32.1. The highest BCUT2D eigenvalue weighted by Crippen LogP contribution is 2.39. The number of hydrogen-bond acceptors (Lipinski definition) is 4. The van der Waals surface area contributed by atoms with Crippen molar-refractivity contribution in [3.05, 3.63) is 60.7 Å². The zero-order valence-corrected chi connectivity index (χ0v) is 18.8. The van der Waals surface area contributed by atoms with Crippen molar-refractivity contribution >= 4 is 28.3 Å². The summed E-state index contributed by atoms with van der Waals surface area (Å²) in [6.07, 6.45) is 0. The van der Waals surface area contributed by atoms with Gasteiger partial charge in [0.25, 0.3) is 5.91 Å². The van der Waals surface area contributed by atoms with E-state index in [-0.39, 0.29) is 11.8 Å². The molecular weight excluding hydrogens is 394 g/mol. The third-order valence-corrected chi connectivity index (χ3v) is 5.63. The predicted molar refractivity (Wildman–Crippen MR) is 123 cm³/mol. The van der Waals surface area contributed by atoms with Crippen molar-refractivity contribution in [2.45, 2.75) is 40.2 Å². The fraction of sp³-hybridized carbons (Fsp3) is 0.292. The Labute approximate surface area is 181 Å². The Morgan fingerprint density at radius 1 is 0.800 bits per heavy atom. The second-order valence-electron chi connectivity index (χ2n) is 8.71. The van der Waals surface area contributed by atoms with E-state index in [0.29, 0.717) is 5.13 Å². The molecule has 0 aliphatic carbocycles. The van der Waals surface area contributed by atoms with E-state index >= 15 is 0 Å². The minimum absolute atomic E-state index is 0.184. The quantitative estimate of drug-likeness (QED) is 0.583. The average molecular weight is 422 g/mol. The number of rotatable bonds is 5. The number of nitrogens with one attached hydrogen (secondary N) is 2. The van der Waals surface area contributed by atoms with Crippen LogP contribution in [0.3, 0.4) is 0 Å². The summed E-state index contributed by atoms with van der Waals surface area (Å²) in [7, 11) is 0. The Kier molecular flexibility index (Phi) is 6.08. The predicted octanol–water partition coefficient (Wildman–Crippen LogP) is 5.36. The molecule has 0 saturated heterocycles. The molecule has 0 radical (unpaired) electrons. The molecule has 0 unspecified atom stereocenters. The van der Waals surface area contributed by atoms with Crippen molar-refractivity contribution in [2.75, 3.05) is 5.32 Å². The summed E-state index contributed by atoms with van der Waals surface area (Å²) in [6, 6.07) is 19.9. The number of aromatic nitrogens is 1. The highest BCUT2D eigenvalue weighted by Gasteiger charge is 2.34. The summed E-state index contributed by atoms with van der Waals surface area (Å²) in [5.74, 6) is -0.496. The van der Waals surface area contributed by atoms with Crippen LogP contribution in [-0.4, -0.2) is 22.3 Å². The Morgan fingerprint density at radius 2 is 1.33 bits per heavy atom. The van der Waals surface area contributed by atoms with Crippen LogP contribution < -0.4 is 10.6 Å². The maximum atomic E-state index is 12.9. The highest BCUT2D eigenvalue weighted by molar-refractivity contribution is 7.19. The molecule has 0 bridgehead atoms. The van der Waals surface area contributed by atoms with Gasteiger partial charge in [0.2, 0.25) is 5.91 Å². The molecule has 6 heteroatoms. The van der Waals surface area contributed by atoms with E-state index in [1.807, 2.05) is 81.4 Å². The molecule has 156 valence electrons. The Morgan fingerprint density at radius 3 is 1.87 bits per heavy atom.